The molecule has 150 valence electrons. The highest BCUT2D eigenvalue weighted by molar-refractivity contribution is 8.26. The molecule has 1 aliphatic heterocycles. The SMILES string of the molecule is Cc1ccc(/C=C2\SC(=S)N(CCCCCC(=O)NC3CCCC3)C2=O)cc1. The zero-order valence-corrected chi connectivity index (χ0v) is 18.0. The topological polar surface area (TPSA) is 49.4 Å². The average Bonchev–Trinajstić information content (AvgIpc) is 3.26. The molecule has 0 spiro atoms. The van der Waals surface area contributed by atoms with Gasteiger partial charge < -0.3 is 5.32 Å². The molecule has 6 heteroatoms. The Bertz CT molecular complexity index is 752. The average molecular weight is 417 g/mol. The van der Waals surface area contributed by atoms with Crippen molar-refractivity contribution >= 4 is 46.2 Å². The summed E-state index contributed by atoms with van der Waals surface area (Å²) in [5.41, 5.74) is 2.21. The first kappa shape index (κ1) is 21.1. The van der Waals surface area contributed by atoms with E-state index >= 15 is 0 Å². The third-order valence-electron chi connectivity index (χ3n) is 5.25. The van der Waals surface area contributed by atoms with E-state index in [-0.39, 0.29) is 11.8 Å². The van der Waals surface area contributed by atoms with Crippen LogP contribution < -0.4 is 5.32 Å². The summed E-state index contributed by atoms with van der Waals surface area (Å²) in [4.78, 5) is 27.0. The van der Waals surface area contributed by atoms with Crippen molar-refractivity contribution in [2.75, 3.05) is 6.54 Å². The predicted octanol–water partition coefficient (Wildman–Crippen LogP) is 4.82. The molecule has 0 unspecified atom stereocenters. The lowest BCUT2D eigenvalue weighted by Gasteiger charge is -2.14. The van der Waals surface area contributed by atoms with Gasteiger partial charge in [-0.3, -0.25) is 14.5 Å². The quantitative estimate of drug-likeness (QED) is 0.375. The molecular formula is C22H28N2O2S2. The van der Waals surface area contributed by atoms with Crippen molar-refractivity contribution in [1.82, 2.24) is 10.2 Å². The Hall–Kier alpha value is -1.66. The van der Waals surface area contributed by atoms with Crippen LogP contribution in [0, 0.1) is 6.92 Å². The Balaban J connectivity index is 1.39. The smallest absolute Gasteiger partial charge is 0.266 e. The molecule has 1 saturated carbocycles. The lowest BCUT2D eigenvalue weighted by atomic mass is 10.1. The Morgan fingerprint density at radius 3 is 2.64 bits per heavy atom. The van der Waals surface area contributed by atoms with E-state index in [1.54, 1.807) is 4.90 Å². The van der Waals surface area contributed by atoms with Crippen LogP contribution in [0.3, 0.4) is 0 Å². The Labute approximate surface area is 177 Å². The van der Waals surface area contributed by atoms with Crippen LogP contribution in [0.15, 0.2) is 29.2 Å². The minimum Gasteiger partial charge on any atom is -0.353 e. The standard InChI is InChI=1S/C22H28N2O2S2/c1-16-10-12-17(13-11-16)15-19-21(26)24(22(27)28-19)14-6-2-3-9-20(25)23-18-7-4-5-8-18/h10-13,15,18H,2-9,14H2,1H3,(H,23,25)/b19-15-. The van der Waals surface area contributed by atoms with Crippen LogP contribution >= 0.6 is 24.0 Å². The minimum absolute atomic E-state index is 0.00504. The van der Waals surface area contributed by atoms with Crippen molar-refractivity contribution in [2.24, 2.45) is 0 Å². The third-order valence-corrected chi connectivity index (χ3v) is 6.63. The maximum absolute atomic E-state index is 12.6. The summed E-state index contributed by atoms with van der Waals surface area (Å²) in [5, 5.41) is 3.12. The lowest BCUT2D eigenvalue weighted by molar-refractivity contribution is -0.123. The molecule has 28 heavy (non-hydrogen) atoms. The number of thiocarbonyl (C=S) groups is 1. The molecule has 1 heterocycles. The predicted molar refractivity (Wildman–Crippen MR) is 120 cm³/mol. The van der Waals surface area contributed by atoms with Gasteiger partial charge in [0.25, 0.3) is 5.91 Å². The zero-order chi connectivity index (χ0) is 19.9. The Kier molecular flexibility index (Phi) is 7.68. The fraction of sp³-hybridized carbons (Fsp3) is 0.500. The number of thioether (sulfide) groups is 1. The van der Waals surface area contributed by atoms with Gasteiger partial charge in [-0.15, -0.1) is 0 Å². The molecule has 1 saturated heterocycles. The van der Waals surface area contributed by atoms with Gasteiger partial charge in [-0.05, 0) is 44.2 Å². The summed E-state index contributed by atoms with van der Waals surface area (Å²) in [7, 11) is 0. The molecule has 2 amide bonds. The molecule has 3 rings (SSSR count). The Morgan fingerprint density at radius 1 is 1.21 bits per heavy atom. The van der Waals surface area contributed by atoms with Crippen molar-refractivity contribution in [3.05, 3.63) is 40.3 Å². The van der Waals surface area contributed by atoms with E-state index in [2.05, 4.69) is 5.32 Å². The second kappa shape index (κ2) is 10.2. The normalized spacial score (nSPS) is 19.0. The molecular weight excluding hydrogens is 388 g/mol. The van der Waals surface area contributed by atoms with Crippen molar-refractivity contribution in [2.45, 2.75) is 64.3 Å². The third kappa shape index (κ3) is 5.92. The van der Waals surface area contributed by atoms with E-state index in [0.717, 1.165) is 37.7 Å². The number of carbonyl (C=O) groups is 2. The molecule has 0 atom stereocenters. The monoisotopic (exact) mass is 416 g/mol. The van der Waals surface area contributed by atoms with Gasteiger partial charge in [-0.2, -0.15) is 0 Å². The number of benzene rings is 1. The van der Waals surface area contributed by atoms with E-state index in [4.69, 9.17) is 12.2 Å². The van der Waals surface area contributed by atoms with Gasteiger partial charge in [0.05, 0.1) is 4.91 Å². The number of unbranched alkanes of at least 4 members (excludes halogenated alkanes) is 2. The molecule has 2 aliphatic rings. The molecule has 0 radical (unpaired) electrons. The number of rotatable bonds is 8. The minimum atomic E-state index is -0.00504. The number of nitrogens with zero attached hydrogens (tertiary/aromatic N) is 1. The van der Waals surface area contributed by atoms with Gasteiger partial charge in [0, 0.05) is 19.0 Å². The van der Waals surface area contributed by atoms with Crippen LogP contribution in [0.1, 0.15) is 62.5 Å². The van der Waals surface area contributed by atoms with E-state index in [9.17, 15) is 9.59 Å². The van der Waals surface area contributed by atoms with Crippen LogP contribution in [0.25, 0.3) is 6.08 Å². The molecule has 0 bridgehead atoms. The van der Waals surface area contributed by atoms with Crippen molar-refractivity contribution in [3.8, 4) is 0 Å². The second-order valence-electron chi connectivity index (χ2n) is 7.60. The molecule has 1 N–H and O–H groups in total. The maximum Gasteiger partial charge on any atom is 0.266 e. The number of amides is 2. The number of hydrogen-bond donors (Lipinski definition) is 1. The first-order chi connectivity index (χ1) is 13.5. The zero-order valence-electron chi connectivity index (χ0n) is 16.4. The fourth-order valence-electron chi connectivity index (χ4n) is 3.61. The molecule has 1 aromatic carbocycles. The highest BCUT2D eigenvalue weighted by Gasteiger charge is 2.31. The number of hydrogen-bond acceptors (Lipinski definition) is 4. The van der Waals surface area contributed by atoms with Gasteiger partial charge in [0.15, 0.2) is 0 Å². The van der Waals surface area contributed by atoms with Gasteiger partial charge in [-0.25, -0.2) is 0 Å². The largest absolute Gasteiger partial charge is 0.353 e. The Morgan fingerprint density at radius 2 is 1.93 bits per heavy atom. The molecule has 0 aromatic heterocycles. The van der Waals surface area contributed by atoms with Crippen LogP contribution in [-0.2, 0) is 9.59 Å². The number of nitrogens with one attached hydrogen (secondary N) is 1. The molecule has 1 aliphatic carbocycles. The summed E-state index contributed by atoms with van der Waals surface area (Å²) in [6, 6.07) is 8.49. The first-order valence-corrected chi connectivity index (χ1v) is 11.4. The number of carbonyl (C=O) groups excluding carboxylic acids is 2. The van der Waals surface area contributed by atoms with Crippen LogP contribution in [0.2, 0.25) is 0 Å². The van der Waals surface area contributed by atoms with E-state index in [1.165, 1.54) is 30.2 Å². The lowest BCUT2D eigenvalue weighted by Crippen LogP contribution is -2.32. The summed E-state index contributed by atoms with van der Waals surface area (Å²) in [5.74, 6) is 0.160. The summed E-state index contributed by atoms with van der Waals surface area (Å²) < 4.78 is 0.627. The van der Waals surface area contributed by atoms with Crippen LogP contribution in [0.5, 0.6) is 0 Å². The van der Waals surface area contributed by atoms with E-state index in [1.807, 2.05) is 37.3 Å². The van der Waals surface area contributed by atoms with Crippen LogP contribution in [-0.4, -0.2) is 33.6 Å². The summed E-state index contributed by atoms with van der Waals surface area (Å²) in [6.07, 6.45) is 9.82. The molecule has 4 nitrogen and oxygen atoms in total. The van der Waals surface area contributed by atoms with Crippen molar-refractivity contribution in [1.29, 1.82) is 0 Å². The van der Waals surface area contributed by atoms with Crippen molar-refractivity contribution in [3.63, 3.8) is 0 Å². The molecule has 2 fully saturated rings. The second-order valence-corrected chi connectivity index (χ2v) is 9.28. The first-order valence-electron chi connectivity index (χ1n) is 10.1. The highest BCUT2D eigenvalue weighted by atomic mass is 32.2. The summed E-state index contributed by atoms with van der Waals surface area (Å²) >= 11 is 6.77. The highest BCUT2D eigenvalue weighted by Crippen LogP contribution is 2.32. The van der Waals surface area contributed by atoms with Crippen molar-refractivity contribution < 1.29 is 9.59 Å². The van der Waals surface area contributed by atoms with Crippen LogP contribution in [0.4, 0.5) is 0 Å². The van der Waals surface area contributed by atoms with E-state index < -0.39 is 0 Å². The molecule has 1 aromatic rings. The summed E-state index contributed by atoms with van der Waals surface area (Å²) in [6.45, 7) is 2.67. The number of aryl methyl sites for hydroxylation is 1. The van der Waals surface area contributed by atoms with Gasteiger partial charge >= 0.3 is 0 Å². The van der Waals surface area contributed by atoms with E-state index in [0.29, 0.717) is 28.2 Å². The maximum atomic E-state index is 12.6. The fourth-order valence-corrected chi connectivity index (χ4v) is 4.92. The van der Waals surface area contributed by atoms with Gasteiger partial charge in [-0.1, -0.05) is 73.1 Å². The van der Waals surface area contributed by atoms with Gasteiger partial charge in [0.2, 0.25) is 5.91 Å². The van der Waals surface area contributed by atoms with Gasteiger partial charge in [0.1, 0.15) is 4.32 Å².